The molecule has 4 atom stereocenters. The van der Waals surface area contributed by atoms with Crippen molar-refractivity contribution in [2.75, 3.05) is 0 Å². The summed E-state index contributed by atoms with van der Waals surface area (Å²) in [6.45, 7) is 1.41. The van der Waals surface area contributed by atoms with E-state index in [0.717, 1.165) is 0 Å². The van der Waals surface area contributed by atoms with E-state index in [1.807, 2.05) is 0 Å². The number of carboxylic acid groups (broad SMARTS) is 1. The van der Waals surface area contributed by atoms with E-state index in [1.165, 1.54) is 43.7 Å². The number of aliphatic carboxylic acids is 1. The number of carboxylic acids is 1. The van der Waals surface area contributed by atoms with Crippen molar-refractivity contribution in [3.05, 3.63) is 48.0 Å². The van der Waals surface area contributed by atoms with Crippen molar-refractivity contribution < 1.29 is 34.2 Å². The molecule has 0 aliphatic heterocycles. The molecule has 0 fully saturated rings. The highest BCUT2D eigenvalue weighted by Crippen LogP contribution is 2.12. The third-order valence-corrected chi connectivity index (χ3v) is 5.33. The van der Waals surface area contributed by atoms with Gasteiger partial charge < -0.3 is 42.6 Å². The number of phenols is 1. The zero-order valence-electron chi connectivity index (χ0n) is 20.1. The summed E-state index contributed by atoms with van der Waals surface area (Å²) in [4.78, 5) is 68.0. The van der Waals surface area contributed by atoms with E-state index >= 15 is 0 Å². The first kappa shape index (κ1) is 28.8. The van der Waals surface area contributed by atoms with Gasteiger partial charge in [0.1, 0.15) is 23.9 Å². The summed E-state index contributed by atoms with van der Waals surface area (Å²) in [6.07, 6.45) is 2.28. The molecule has 4 amide bonds. The monoisotopic (exact) mass is 517 g/mol. The predicted octanol–water partition coefficient (Wildman–Crippen LogP) is -1.95. The Labute approximate surface area is 212 Å². The highest BCUT2D eigenvalue weighted by atomic mass is 16.4. The SMILES string of the molecule is CC(N)C(=O)NC(CCC(N)=O)C(=O)NC(Cc1cnc[nH]1)C(=O)NC(Cc1ccc(O)cc1)C(=O)O. The summed E-state index contributed by atoms with van der Waals surface area (Å²) in [5.41, 5.74) is 11.7. The van der Waals surface area contributed by atoms with Gasteiger partial charge in [-0.2, -0.15) is 0 Å². The Morgan fingerprint density at radius 2 is 1.54 bits per heavy atom. The van der Waals surface area contributed by atoms with E-state index < -0.39 is 53.8 Å². The van der Waals surface area contributed by atoms with Crippen molar-refractivity contribution in [1.82, 2.24) is 25.9 Å². The summed E-state index contributed by atoms with van der Waals surface area (Å²) in [5, 5.41) is 26.4. The number of nitrogens with two attached hydrogens (primary N) is 2. The molecule has 4 unspecified atom stereocenters. The molecule has 0 aliphatic rings. The van der Waals surface area contributed by atoms with Gasteiger partial charge in [-0.15, -0.1) is 0 Å². The lowest BCUT2D eigenvalue weighted by Gasteiger charge is -2.24. The van der Waals surface area contributed by atoms with Crippen LogP contribution in [0.1, 0.15) is 31.0 Å². The first-order valence-electron chi connectivity index (χ1n) is 11.4. The van der Waals surface area contributed by atoms with Gasteiger partial charge in [0.15, 0.2) is 0 Å². The van der Waals surface area contributed by atoms with Crippen molar-refractivity contribution in [2.45, 2.75) is 56.8 Å². The lowest BCUT2D eigenvalue weighted by molar-refractivity contribution is -0.142. The number of aromatic hydroxyl groups is 1. The van der Waals surface area contributed by atoms with Gasteiger partial charge in [0.2, 0.25) is 23.6 Å². The van der Waals surface area contributed by atoms with Crippen LogP contribution >= 0.6 is 0 Å². The highest BCUT2D eigenvalue weighted by molar-refractivity contribution is 5.94. The number of nitrogens with one attached hydrogen (secondary N) is 4. The van der Waals surface area contributed by atoms with E-state index in [2.05, 4.69) is 25.9 Å². The molecule has 14 heteroatoms. The molecule has 0 bridgehead atoms. The minimum atomic E-state index is -1.35. The number of rotatable bonds is 14. The van der Waals surface area contributed by atoms with E-state index in [9.17, 15) is 34.2 Å². The van der Waals surface area contributed by atoms with Crippen LogP contribution in [0.2, 0.25) is 0 Å². The van der Waals surface area contributed by atoms with Gasteiger partial charge in [0.25, 0.3) is 0 Å². The summed E-state index contributed by atoms with van der Waals surface area (Å²) in [6, 6.07) is 1.04. The average Bonchev–Trinajstić information content (AvgIpc) is 3.34. The van der Waals surface area contributed by atoms with Crippen LogP contribution in [-0.2, 0) is 36.8 Å². The smallest absolute Gasteiger partial charge is 0.326 e. The number of phenolic OH excluding ortho intramolecular Hbond substituents is 1. The Balaban J connectivity index is 2.21. The molecule has 0 spiro atoms. The van der Waals surface area contributed by atoms with Crippen LogP contribution in [0.25, 0.3) is 0 Å². The molecule has 1 aromatic carbocycles. The number of imidazole rings is 1. The molecule has 2 aromatic rings. The van der Waals surface area contributed by atoms with Crippen molar-refractivity contribution in [3.8, 4) is 5.75 Å². The Kier molecular flexibility index (Phi) is 10.6. The minimum Gasteiger partial charge on any atom is -0.508 e. The largest absolute Gasteiger partial charge is 0.508 e. The normalized spacial score (nSPS) is 14.0. The fourth-order valence-electron chi connectivity index (χ4n) is 3.30. The summed E-state index contributed by atoms with van der Waals surface area (Å²) in [7, 11) is 0. The molecule has 10 N–H and O–H groups in total. The van der Waals surface area contributed by atoms with Gasteiger partial charge in [-0.05, 0) is 31.0 Å². The second-order valence-corrected chi connectivity index (χ2v) is 8.47. The molecular formula is C23H31N7O7. The Morgan fingerprint density at radius 1 is 0.946 bits per heavy atom. The fourth-order valence-corrected chi connectivity index (χ4v) is 3.30. The lowest BCUT2D eigenvalue weighted by Crippen LogP contribution is -2.57. The lowest BCUT2D eigenvalue weighted by atomic mass is 10.0. The number of benzene rings is 1. The molecule has 37 heavy (non-hydrogen) atoms. The Hall–Kier alpha value is -4.46. The van der Waals surface area contributed by atoms with Crippen molar-refractivity contribution in [1.29, 1.82) is 0 Å². The minimum absolute atomic E-state index is 0.00371. The first-order valence-corrected chi connectivity index (χ1v) is 11.4. The van der Waals surface area contributed by atoms with Gasteiger partial charge in [0, 0.05) is 31.2 Å². The van der Waals surface area contributed by atoms with Crippen molar-refractivity contribution in [3.63, 3.8) is 0 Å². The highest BCUT2D eigenvalue weighted by Gasteiger charge is 2.30. The molecule has 14 nitrogen and oxygen atoms in total. The number of hydrogen-bond acceptors (Lipinski definition) is 8. The molecule has 1 heterocycles. The van der Waals surface area contributed by atoms with Gasteiger partial charge >= 0.3 is 5.97 Å². The number of carbonyl (C=O) groups excluding carboxylic acids is 4. The second-order valence-electron chi connectivity index (χ2n) is 8.47. The van der Waals surface area contributed by atoms with Crippen molar-refractivity contribution >= 4 is 29.6 Å². The number of amides is 4. The standard InChI is InChI=1S/C23H31N7O7/c1-12(24)20(33)28-16(6-7-19(25)32)21(34)29-17(9-14-10-26-11-27-14)22(35)30-18(23(36)37)8-13-2-4-15(31)5-3-13/h2-5,10-12,16-18,31H,6-9,24H2,1H3,(H2,25,32)(H,26,27)(H,28,33)(H,29,34)(H,30,35)(H,36,37). The van der Waals surface area contributed by atoms with Crippen LogP contribution in [0.4, 0.5) is 0 Å². The number of nitrogens with zero attached hydrogens (tertiary/aromatic N) is 1. The van der Waals surface area contributed by atoms with Gasteiger partial charge in [-0.1, -0.05) is 12.1 Å². The molecule has 2 rings (SSSR count). The van der Waals surface area contributed by atoms with Crippen LogP contribution < -0.4 is 27.4 Å². The second kappa shape index (κ2) is 13.6. The third-order valence-electron chi connectivity index (χ3n) is 5.33. The van der Waals surface area contributed by atoms with E-state index in [1.54, 1.807) is 0 Å². The maximum atomic E-state index is 13.1. The van der Waals surface area contributed by atoms with Gasteiger partial charge in [0.05, 0.1) is 12.4 Å². The van der Waals surface area contributed by atoms with Crippen LogP contribution in [-0.4, -0.2) is 73.9 Å². The Morgan fingerprint density at radius 3 is 2.08 bits per heavy atom. The number of H-pyrrole nitrogens is 1. The average molecular weight is 518 g/mol. The maximum Gasteiger partial charge on any atom is 0.326 e. The molecular weight excluding hydrogens is 486 g/mol. The van der Waals surface area contributed by atoms with Crippen LogP contribution in [0.3, 0.4) is 0 Å². The number of hydrogen-bond donors (Lipinski definition) is 8. The topological polar surface area (TPSA) is 243 Å². The van der Waals surface area contributed by atoms with Gasteiger partial charge in [-0.3, -0.25) is 19.2 Å². The molecule has 200 valence electrons. The zero-order chi connectivity index (χ0) is 27.5. The van der Waals surface area contributed by atoms with E-state index in [-0.39, 0.29) is 31.4 Å². The van der Waals surface area contributed by atoms with Crippen molar-refractivity contribution in [2.24, 2.45) is 11.5 Å². The molecule has 1 aromatic heterocycles. The number of aromatic amines is 1. The number of primary amides is 1. The van der Waals surface area contributed by atoms with Gasteiger partial charge in [-0.25, -0.2) is 9.78 Å². The van der Waals surface area contributed by atoms with Crippen LogP contribution in [0.15, 0.2) is 36.8 Å². The number of aromatic nitrogens is 2. The predicted molar refractivity (Wildman–Crippen MR) is 130 cm³/mol. The Bertz CT molecular complexity index is 1090. The zero-order valence-corrected chi connectivity index (χ0v) is 20.1. The summed E-state index contributed by atoms with van der Waals surface area (Å²) >= 11 is 0. The van der Waals surface area contributed by atoms with Crippen LogP contribution in [0.5, 0.6) is 5.75 Å². The first-order chi connectivity index (χ1) is 17.5. The third kappa shape index (κ3) is 9.60. The summed E-state index contributed by atoms with van der Waals surface area (Å²) in [5.74, 6) is -4.25. The van der Waals surface area contributed by atoms with E-state index in [0.29, 0.717) is 11.3 Å². The molecule has 0 saturated heterocycles. The fraction of sp³-hybridized carbons (Fsp3) is 0.391. The number of carbonyl (C=O) groups is 5. The van der Waals surface area contributed by atoms with E-state index in [4.69, 9.17) is 11.5 Å². The summed E-state index contributed by atoms with van der Waals surface area (Å²) < 4.78 is 0. The molecule has 0 radical (unpaired) electrons. The van der Waals surface area contributed by atoms with Crippen LogP contribution in [0, 0.1) is 0 Å². The maximum absolute atomic E-state index is 13.1. The quantitative estimate of drug-likeness (QED) is 0.139. The molecule has 0 aliphatic carbocycles. The molecule has 0 saturated carbocycles.